The molecular weight excluding hydrogens is 302 g/mol. The topological polar surface area (TPSA) is 102 Å². The molecule has 0 unspecified atom stereocenters. The molecule has 132 valence electrons. The van der Waals surface area contributed by atoms with E-state index in [0.29, 0.717) is 19.6 Å². The lowest BCUT2D eigenvalue weighted by atomic mass is 9.93. The number of hydrogen-bond donors (Lipinski definition) is 3. The SMILES string of the molecule is CC(C)(C)OC(=O)N1CC(O)(CN[C@@H]2CCCN(C(=O)O)C2)C1. The first-order valence-electron chi connectivity index (χ1n) is 8.00. The van der Waals surface area contributed by atoms with Gasteiger partial charge in [-0.25, -0.2) is 9.59 Å². The number of carbonyl (C=O) groups is 2. The van der Waals surface area contributed by atoms with Crippen LogP contribution in [0, 0.1) is 0 Å². The molecule has 2 aliphatic heterocycles. The Kier molecular flexibility index (Phi) is 5.05. The van der Waals surface area contributed by atoms with Crippen molar-refractivity contribution in [2.45, 2.75) is 50.9 Å². The van der Waals surface area contributed by atoms with E-state index in [1.807, 2.05) is 0 Å². The summed E-state index contributed by atoms with van der Waals surface area (Å²) in [5, 5.41) is 22.6. The number of hydrogen-bond acceptors (Lipinski definition) is 5. The van der Waals surface area contributed by atoms with E-state index in [2.05, 4.69) is 5.32 Å². The number of β-amino-alcohol motifs (C(OH)–C–C–N with tert-alkyl or cyclic N) is 1. The lowest BCUT2D eigenvalue weighted by Gasteiger charge is -2.47. The van der Waals surface area contributed by atoms with E-state index in [1.165, 1.54) is 9.80 Å². The first-order chi connectivity index (χ1) is 10.6. The van der Waals surface area contributed by atoms with Crippen LogP contribution in [0.15, 0.2) is 0 Å². The van der Waals surface area contributed by atoms with E-state index in [-0.39, 0.29) is 19.1 Å². The number of aliphatic hydroxyl groups is 1. The third kappa shape index (κ3) is 4.97. The summed E-state index contributed by atoms with van der Waals surface area (Å²) in [4.78, 5) is 25.7. The number of ether oxygens (including phenoxy) is 1. The summed E-state index contributed by atoms with van der Waals surface area (Å²) < 4.78 is 5.25. The van der Waals surface area contributed by atoms with E-state index >= 15 is 0 Å². The second-order valence-electron chi connectivity index (χ2n) is 7.51. The van der Waals surface area contributed by atoms with Crippen molar-refractivity contribution in [3.8, 4) is 0 Å². The third-order valence-corrected chi connectivity index (χ3v) is 4.03. The Morgan fingerprint density at radius 2 is 1.96 bits per heavy atom. The number of rotatable bonds is 3. The Bertz CT molecular complexity index is 457. The summed E-state index contributed by atoms with van der Waals surface area (Å²) >= 11 is 0. The zero-order valence-corrected chi connectivity index (χ0v) is 14.0. The Morgan fingerprint density at radius 3 is 2.52 bits per heavy atom. The molecule has 0 bridgehead atoms. The summed E-state index contributed by atoms with van der Waals surface area (Å²) in [6, 6.07) is 0.0412. The van der Waals surface area contributed by atoms with Gasteiger partial charge in [-0.15, -0.1) is 0 Å². The van der Waals surface area contributed by atoms with E-state index < -0.39 is 23.4 Å². The second-order valence-corrected chi connectivity index (χ2v) is 7.51. The fourth-order valence-corrected chi connectivity index (χ4v) is 2.88. The molecular formula is C15H27N3O5. The minimum atomic E-state index is -0.970. The van der Waals surface area contributed by atoms with Gasteiger partial charge in [0.2, 0.25) is 0 Å². The van der Waals surface area contributed by atoms with Crippen LogP contribution >= 0.6 is 0 Å². The van der Waals surface area contributed by atoms with Crippen LogP contribution in [-0.2, 0) is 4.74 Å². The molecule has 2 aliphatic rings. The highest BCUT2D eigenvalue weighted by atomic mass is 16.6. The van der Waals surface area contributed by atoms with Crippen LogP contribution in [0.2, 0.25) is 0 Å². The molecule has 23 heavy (non-hydrogen) atoms. The summed E-state index contributed by atoms with van der Waals surface area (Å²) in [6.45, 7) is 7.19. The second kappa shape index (κ2) is 6.52. The van der Waals surface area contributed by atoms with Gasteiger partial charge in [0.05, 0.1) is 13.1 Å². The van der Waals surface area contributed by atoms with Crippen LogP contribution in [0.1, 0.15) is 33.6 Å². The fourth-order valence-electron chi connectivity index (χ4n) is 2.88. The standard InChI is InChI=1S/C15H27N3O5/c1-14(2,3)23-13(21)18-9-15(22,10-18)8-16-11-5-4-6-17(7-11)12(19)20/h11,16,22H,4-10H2,1-3H3,(H,19,20)/t11-/m1/s1. The molecule has 2 heterocycles. The Labute approximate surface area is 136 Å². The van der Waals surface area contributed by atoms with Crippen LogP contribution in [-0.4, -0.2) is 82.2 Å². The van der Waals surface area contributed by atoms with E-state index in [1.54, 1.807) is 20.8 Å². The Hall–Kier alpha value is -1.54. The van der Waals surface area contributed by atoms with Gasteiger partial charge in [-0.1, -0.05) is 0 Å². The molecule has 0 aromatic rings. The molecule has 0 aliphatic carbocycles. The average Bonchev–Trinajstić information content (AvgIpc) is 2.40. The van der Waals surface area contributed by atoms with Crippen LogP contribution in [0.25, 0.3) is 0 Å². The lowest BCUT2D eigenvalue weighted by Crippen LogP contribution is -2.68. The minimum Gasteiger partial charge on any atom is -0.465 e. The number of likely N-dealkylation sites (tertiary alicyclic amines) is 2. The highest BCUT2D eigenvalue weighted by Crippen LogP contribution is 2.23. The van der Waals surface area contributed by atoms with Gasteiger partial charge < -0.3 is 30.1 Å². The van der Waals surface area contributed by atoms with Crippen molar-refractivity contribution in [1.29, 1.82) is 0 Å². The summed E-state index contributed by atoms with van der Waals surface area (Å²) in [5.74, 6) is 0. The minimum absolute atomic E-state index is 0.0412. The molecule has 2 fully saturated rings. The van der Waals surface area contributed by atoms with Gasteiger partial charge >= 0.3 is 12.2 Å². The van der Waals surface area contributed by atoms with Crippen molar-refractivity contribution < 1.29 is 24.5 Å². The van der Waals surface area contributed by atoms with Crippen molar-refractivity contribution in [2.75, 3.05) is 32.7 Å². The molecule has 2 rings (SSSR count). The normalized spacial score (nSPS) is 24.1. The smallest absolute Gasteiger partial charge is 0.410 e. The van der Waals surface area contributed by atoms with Crippen LogP contribution in [0.5, 0.6) is 0 Å². The largest absolute Gasteiger partial charge is 0.465 e. The van der Waals surface area contributed by atoms with Crippen molar-refractivity contribution in [3.63, 3.8) is 0 Å². The maximum Gasteiger partial charge on any atom is 0.410 e. The monoisotopic (exact) mass is 329 g/mol. The predicted molar refractivity (Wildman–Crippen MR) is 83.4 cm³/mol. The average molecular weight is 329 g/mol. The third-order valence-electron chi connectivity index (χ3n) is 4.03. The summed E-state index contributed by atoms with van der Waals surface area (Å²) in [7, 11) is 0. The van der Waals surface area contributed by atoms with E-state index in [0.717, 1.165) is 12.8 Å². The molecule has 8 nitrogen and oxygen atoms in total. The van der Waals surface area contributed by atoms with Gasteiger partial charge in [-0.05, 0) is 33.6 Å². The number of carbonyl (C=O) groups excluding carboxylic acids is 1. The van der Waals surface area contributed by atoms with Gasteiger partial charge in [0.15, 0.2) is 0 Å². The van der Waals surface area contributed by atoms with Crippen molar-refractivity contribution >= 4 is 12.2 Å². The van der Waals surface area contributed by atoms with Crippen LogP contribution < -0.4 is 5.32 Å². The zero-order valence-electron chi connectivity index (χ0n) is 14.0. The zero-order chi connectivity index (χ0) is 17.3. The molecule has 0 radical (unpaired) electrons. The summed E-state index contributed by atoms with van der Waals surface area (Å²) in [5.41, 5.74) is -1.52. The Morgan fingerprint density at radius 1 is 1.30 bits per heavy atom. The van der Waals surface area contributed by atoms with Gasteiger partial charge in [0, 0.05) is 25.7 Å². The Balaban J connectivity index is 1.73. The lowest BCUT2D eigenvalue weighted by molar-refractivity contribution is -0.0975. The van der Waals surface area contributed by atoms with Crippen LogP contribution in [0.3, 0.4) is 0 Å². The van der Waals surface area contributed by atoms with Crippen molar-refractivity contribution in [3.05, 3.63) is 0 Å². The number of nitrogens with one attached hydrogen (secondary N) is 1. The van der Waals surface area contributed by atoms with Gasteiger partial charge in [0.25, 0.3) is 0 Å². The fraction of sp³-hybridized carbons (Fsp3) is 0.867. The highest BCUT2D eigenvalue weighted by Gasteiger charge is 2.45. The maximum atomic E-state index is 11.9. The number of carboxylic acid groups (broad SMARTS) is 1. The summed E-state index contributed by atoms with van der Waals surface area (Å²) in [6.07, 6.45) is 0.370. The molecule has 0 saturated carbocycles. The van der Waals surface area contributed by atoms with E-state index in [4.69, 9.17) is 9.84 Å². The predicted octanol–water partition coefficient (Wildman–Crippen LogP) is 0.700. The van der Waals surface area contributed by atoms with Gasteiger partial charge in [-0.2, -0.15) is 0 Å². The van der Waals surface area contributed by atoms with Gasteiger partial charge in [0.1, 0.15) is 11.2 Å². The molecule has 1 atom stereocenters. The first kappa shape index (κ1) is 17.8. The number of piperidine rings is 1. The van der Waals surface area contributed by atoms with E-state index in [9.17, 15) is 14.7 Å². The molecule has 2 saturated heterocycles. The van der Waals surface area contributed by atoms with Crippen LogP contribution in [0.4, 0.5) is 9.59 Å². The molecule has 0 aromatic heterocycles. The number of amides is 2. The van der Waals surface area contributed by atoms with Gasteiger partial charge in [-0.3, -0.25) is 0 Å². The maximum absolute atomic E-state index is 11.9. The molecule has 8 heteroatoms. The quantitative estimate of drug-likeness (QED) is 0.704. The molecule has 0 aromatic carbocycles. The number of nitrogens with zero attached hydrogens (tertiary/aromatic N) is 2. The highest BCUT2D eigenvalue weighted by molar-refractivity contribution is 5.69. The van der Waals surface area contributed by atoms with Crippen molar-refractivity contribution in [2.24, 2.45) is 0 Å². The molecule has 0 spiro atoms. The first-order valence-corrected chi connectivity index (χ1v) is 8.00. The van der Waals surface area contributed by atoms with Crippen molar-refractivity contribution in [1.82, 2.24) is 15.1 Å². The molecule has 3 N–H and O–H groups in total. The molecule has 2 amide bonds.